The number of urea groups is 1. The highest BCUT2D eigenvalue weighted by Gasteiger charge is 2.32. The van der Waals surface area contributed by atoms with Crippen molar-refractivity contribution in [3.05, 3.63) is 66.1 Å². The van der Waals surface area contributed by atoms with E-state index >= 15 is 0 Å². The number of pyridine rings is 1. The molecule has 2 amide bonds. The minimum Gasteiger partial charge on any atom is -0.772 e. The zero-order valence-corrected chi connectivity index (χ0v) is 18.0. The number of carbonyl (C=O) groups is 2. The molecule has 1 atom stereocenters. The zero-order chi connectivity index (χ0) is 22.5. The molecule has 0 fully saturated rings. The topological polar surface area (TPSA) is 130 Å². The van der Waals surface area contributed by atoms with Crippen molar-refractivity contribution in [1.29, 1.82) is 0 Å². The molecule has 3 heterocycles. The van der Waals surface area contributed by atoms with Gasteiger partial charge in [-0.15, -0.1) is 0 Å². The van der Waals surface area contributed by atoms with Gasteiger partial charge < -0.3 is 25.1 Å². The number of rotatable bonds is 7. The van der Waals surface area contributed by atoms with Crippen LogP contribution in [0.15, 0.2) is 54.9 Å². The Bertz CT molecular complexity index is 1130. The number of fused-ring (bicyclic) bond motifs is 1. The average molecular weight is 453 g/mol. The number of ketones is 1. The van der Waals surface area contributed by atoms with Gasteiger partial charge in [0.1, 0.15) is 0 Å². The van der Waals surface area contributed by atoms with Crippen molar-refractivity contribution in [2.24, 2.45) is 0 Å². The highest BCUT2D eigenvalue weighted by Crippen LogP contribution is 2.37. The number of H-pyrrole nitrogens is 1. The number of hydrogen-bond acceptors (Lipinski definition) is 6. The number of carbonyl (C=O) groups excluding carboxylic acids is 2. The standard InChI is InChI=1S/C22H23N5O4S/c28-18-14-27(22(29)24-9-4-12-32(30)31)13-17-19(18)21(25-16-5-2-1-3-6-16)20(26-17)15-7-10-23-11-8-15/h1-3,5-8,10-11,25-26H,4,9,12-14H2,(H,24,29)(H,30,31)/p-1. The van der Waals surface area contributed by atoms with E-state index in [0.717, 1.165) is 16.9 Å². The summed E-state index contributed by atoms with van der Waals surface area (Å²) in [7, 11) is 0. The molecule has 0 bridgehead atoms. The predicted octanol–water partition coefficient (Wildman–Crippen LogP) is 2.80. The third-order valence-electron chi connectivity index (χ3n) is 5.10. The minimum absolute atomic E-state index is 0.0240. The van der Waals surface area contributed by atoms with Crippen LogP contribution in [0, 0.1) is 0 Å². The number of hydrogen-bond donors (Lipinski definition) is 3. The van der Waals surface area contributed by atoms with Gasteiger partial charge in [-0.1, -0.05) is 29.3 Å². The molecule has 0 radical (unpaired) electrons. The molecule has 0 aliphatic carbocycles. The van der Waals surface area contributed by atoms with Crippen LogP contribution < -0.4 is 10.6 Å². The summed E-state index contributed by atoms with van der Waals surface area (Å²) >= 11 is -2.14. The highest BCUT2D eigenvalue weighted by molar-refractivity contribution is 7.79. The SMILES string of the molecule is O=C1CN(C(=O)NCCCS(=O)[O-])Cc2[nH]c(-c3ccncc3)c(Nc3ccccc3)c21. The Labute approximate surface area is 187 Å². The average Bonchev–Trinajstić information content (AvgIpc) is 3.16. The van der Waals surface area contributed by atoms with Gasteiger partial charge in [0.2, 0.25) is 0 Å². The lowest BCUT2D eigenvalue weighted by molar-refractivity contribution is 0.0919. The van der Waals surface area contributed by atoms with Crippen LogP contribution >= 0.6 is 0 Å². The molecule has 0 saturated heterocycles. The first-order chi connectivity index (χ1) is 15.5. The zero-order valence-electron chi connectivity index (χ0n) is 17.2. The van der Waals surface area contributed by atoms with E-state index in [1.54, 1.807) is 12.4 Å². The van der Waals surface area contributed by atoms with E-state index < -0.39 is 17.1 Å². The lowest BCUT2D eigenvalue weighted by Crippen LogP contribution is -2.45. The Morgan fingerprint density at radius 3 is 2.62 bits per heavy atom. The summed E-state index contributed by atoms with van der Waals surface area (Å²) in [5.41, 5.74) is 4.29. The third-order valence-corrected chi connectivity index (χ3v) is 5.73. The molecule has 1 aliphatic heterocycles. The van der Waals surface area contributed by atoms with Crippen LogP contribution in [0.2, 0.25) is 0 Å². The predicted molar refractivity (Wildman–Crippen MR) is 120 cm³/mol. The maximum atomic E-state index is 13.1. The van der Waals surface area contributed by atoms with Crippen molar-refractivity contribution in [2.75, 3.05) is 24.2 Å². The molecule has 1 unspecified atom stereocenters. The van der Waals surface area contributed by atoms with Gasteiger partial charge in [0.15, 0.2) is 5.78 Å². The summed E-state index contributed by atoms with van der Waals surface area (Å²) in [6, 6.07) is 12.9. The van der Waals surface area contributed by atoms with Gasteiger partial charge in [0.05, 0.1) is 30.0 Å². The van der Waals surface area contributed by atoms with Crippen molar-refractivity contribution < 1.29 is 18.4 Å². The first-order valence-corrected chi connectivity index (χ1v) is 11.4. The first-order valence-electron chi connectivity index (χ1n) is 10.1. The van der Waals surface area contributed by atoms with E-state index in [0.29, 0.717) is 23.4 Å². The van der Waals surface area contributed by atoms with Crippen LogP contribution in [0.4, 0.5) is 16.2 Å². The van der Waals surface area contributed by atoms with Gasteiger partial charge in [-0.2, -0.15) is 0 Å². The number of Topliss-reactive ketones (excluding diaryl/α,β-unsaturated/α-hetero) is 1. The second-order valence-corrected chi connectivity index (χ2v) is 8.34. The molecular weight excluding hydrogens is 430 g/mol. The van der Waals surface area contributed by atoms with Gasteiger partial charge in [0.25, 0.3) is 0 Å². The van der Waals surface area contributed by atoms with E-state index in [9.17, 15) is 18.4 Å². The third kappa shape index (κ3) is 4.87. The van der Waals surface area contributed by atoms with Crippen LogP contribution in [-0.2, 0) is 17.6 Å². The number of amides is 2. The van der Waals surface area contributed by atoms with Crippen LogP contribution in [-0.4, -0.2) is 54.3 Å². The van der Waals surface area contributed by atoms with Gasteiger partial charge in [-0.25, -0.2) is 4.79 Å². The molecule has 2 aromatic heterocycles. The summed E-state index contributed by atoms with van der Waals surface area (Å²) in [6.45, 7) is 0.385. The second kappa shape index (κ2) is 9.75. The monoisotopic (exact) mass is 452 g/mol. The van der Waals surface area contributed by atoms with Crippen LogP contribution in [0.3, 0.4) is 0 Å². The number of aromatic nitrogens is 2. The molecule has 0 saturated carbocycles. The Kier molecular flexibility index (Phi) is 6.62. The second-order valence-electron chi connectivity index (χ2n) is 7.33. The van der Waals surface area contributed by atoms with Crippen molar-refractivity contribution >= 4 is 34.3 Å². The molecule has 3 aromatic rings. The molecule has 10 heteroatoms. The lowest BCUT2D eigenvalue weighted by atomic mass is 10.0. The summed E-state index contributed by atoms with van der Waals surface area (Å²) in [6.07, 6.45) is 3.67. The molecule has 9 nitrogen and oxygen atoms in total. The quantitative estimate of drug-likeness (QED) is 0.373. The first kappa shape index (κ1) is 21.7. The van der Waals surface area contributed by atoms with E-state index in [1.165, 1.54) is 4.90 Å². The molecule has 0 spiro atoms. The number of aromatic amines is 1. The fourth-order valence-corrected chi connectivity index (χ4v) is 4.02. The van der Waals surface area contributed by atoms with Crippen LogP contribution in [0.5, 0.6) is 0 Å². The van der Waals surface area contributed by atoms with Crippen LogP contribution in [0.1, 0.15) is 22.5 Å². The molecule has 166 valence electrons. The highest BCUT2D eigenvalue weighted by atomic mass is 32.2. The van der Waals surface area contributed by atoms with Crippen molar-refractivity contribution in [3.63, 3.8) is 0 Å². The normalized spacial score (nSPS) is 14.0. The van der Waals surface area contributed by atoms with Crippen LogP contribution in [0.25, 0.3) is 11.3 Å². The van der Waals surface area contributed by atoms with E-state index in [4.69, 9.17) is 0 Å². The summed E-state index contributed by atoms with van der Waals surface area (Å²) in [4.78, 5) is 34.4. The van der Waals surface area contributed by atoms with Crippen molar-refractivity contribution in [1.82, 2.24) is 20.2 Å². The van der Waals surface area contributed by atoms with E-state index in [-0.39, 0.29) is 31.2 Å². The molecular formula is C22H22N5O4S-. The largest absolute Gasteiger partial charge is 0.772 e. The summed E-state index contributed by atoms with van der Waals surface area (Å²) in [5.74, 6) is -0.207. The minimum atomic E-state index is -2.14. The smallest absolute Gasteiger partial charge is 0.318 e. The number of benzene rings is 1. The fourth-order valence-electron chi connectivity index (χ4n) is 3.64. The maximum absolute atomic E-state index is 13.1. The van der Waals surface area contributed by atoms with Gasteiger partial charge in [0, 0.05) is 41.6 Å². The Balaban J connectivity index is 1.61. The molecule has 1 aliphatic rings. The Morgan fingerprint density at radius 2 is 1.91 bits per heavy atom. The molecule has 3 N–H and O–H groups in total. The van der Waals surface area contributed by atoms with Gasteiger partial charge in [-0.05, 0) is 30.7 Å². The molecule has 4 rings (SSSR count). The van der Waals surface area contributed by atoms with Crippen molar-refractivity contribution in [2.45, 2.75) is 13.0 Å². The number of para-hydroxylation sites is 1. The van der Waals surface area contributed by atoms with Gasteiger partial charge in [-0.3, -0.25) is 14.0 Å². The summed E-state index contributed by atoms with van der Waals surface area (Å²) in [5, 5.41) is 6.03. The lowest BCUT2D eigenvalue weighted by Gasteiger charge is -2.26. The van der Waals surface area contributed by atoms with Gasteiger partial charge >= 0.3 is 6.03 Å². The molecule has 1 aromatic carbocycles. The Morgan fingerprint density at radius 1 is 1.16 bits per heavy atom. The molecule has 32 heavy (non-hydrogen) atoms. The van der Waals surface area contributed by atoms with E-state index in [1.807, 2.05) is 42.5 Å². The van der Waals surface area contributed by atoms with Crippen molar-refractivity contribution in [3.8, 4) is 11.3 Å². The maximum Gasteiger partial charge on any atom is 0.318 e. The Hall–Kier alpha value is -3.50. The fraction of sp³-hybridized carbons (Fsp3) is 0.227. The summed E-state index contributed by atoms with van der Waals surface area (Å²) < 4.78 is 21.3. The van der Waals surface area contributed by atoms with E-state index in [2.05, 4.69) is 20.6 Å². The number of nitrogens with one attached hydrogen (secondary N) is 3. The number of nitrogens with zero attached hydrogens (tertiary/aromatic N) is 2. The number of anilines is 2.